The van der Waals surface area contributed by atoms with Crippen molar-refractivity contribution < 1.29 is 27.8 Å². The smallest absolute Gasteiger partial charge is 0.333 e. The normalized spacial score (nSPS) is 11.7. The topological polar surface area (TPSA) is 55.8 Å². The molecule has 2 aromatic carbocycles. The molecule has 0 saturated heterocycles. The predicted octanol–water partition coefficient (Wildman–Crippen LogP) is 3.73. The van der Waals surface area contributed by atoms with Crippen LogP contribution in [-0.4, -0.2) is 44.1 Å². The highest BCUT2D eigenvalue weighted by Crippen LogP contribution is 2.26. The predicted molar refractivity (Wildman–Crippen MR) is 98.2 cm³/mol. The minimum absolute atomic E-state index is 0.00196. The van der Waals surface area contributed by atoms with Gasteiger partial charge in [0.2, 0.25) is 0 Å². The number of methoxy groups -OCH3 is 2. The van der Waals surface area contributed by atoms with Crippen LogP contribution in [0.3, 0.4) is 0 Å². The summed E-state index contributed by atoms with van der Waals surface area (Å²) in [6.45, 7) is 0.112. The molecular weight excluding hydrogens is 424 g/mol. The minimum atomic E-state index is -1.12. The molecule has 0 heterocycles. The van der Waals surface area contributed by atoms with Crippen LogP contribution < -0.4 is 0 Å². The van der Waals surface area contributed by atoms with Crippen molar-refractivity contribution in [3.05, 3.63) is 69.7 Å². The number of esters is 1. The number of ether oxygens (including phenoxy) is 2. The molecule has 5 nitrogen and oxygen atoms in total. The zero-order chi connectivity index (χ0) is 20.0. The second kappa shape index (κ2) is 9.57. The van der Waals surface area contributed by atoms with Gasteiger partial charge in [0, 0.05) is 24.2 Å². The monoisotopic (exact) mass is 441 g/mol. The quantitative estimate of drug-likeness (QED) is 0.614. The molecule has 1 atom stereocenters. The van der Waals surface area contributed by atoms with Gasteiger partial charge in [-0.1, -0.05) is 28.1 Å². The van der Waals surface area contributed by atoms with E-state index >= 15 is 0 Å². The zero-order valence-electron chi connectivity index (χ0n) is 14.7. The number of carbonyl (C=O) groups is 2. The highest BCUT2D eigenvalue weighted by molar-refractivity contribution is 9.10. The molecule has 2 rings (SSSR count). The second-order valence-electron chi connectivity index (χ2n) is 5.59. The van der Waals surface area contributed by atoms with Crippen LogP contribution in [0.2, 0.25) is 0 Å². The van der Waals surface area contributed by atoms with Gasteiger partial charge in [0.25, 0.3) is 5.91 Å². The van der Waals surface area contributed by atoms with E-state index in [9.17, 15) is 18.4 Å². The number of rotatable bonds is 7. The van der Waals surface area contributed by atoms with Crippen LogP contribution >= 0.6 is 15.9 Å². The van der Waals surface area contributed by atoms with Crippen LogP contribution in [0.5, 0.6) is 0 Å². The average Bonchev–Trinajstić information content (AvgIpc) is 2.65. The molecule has 0 aliphatic heterocycles. The molecule has 0 unspecified atom stereocenters. The molecule has 0 aliphatic rings. The Hall–Kier alpha value is -2.32. The molecule has 2 aromatic rings. The molecule has 0 radical (unpaired) electrons. The lowest BCUT2D eigenvalue weighted by atomic mass is 10.0. The van der Waals surface area contributed by atoms with E-state index < -0.39 is 29.6 Å². The Morgan fingerprint density at radius 2 is 1.78 bits per heavy atom. The van der Waals surface area contributed by atoms with E-state index in [2.05, 4.69) is 15.9 Å². The number of halogens is 3. The number of hydrogen-bond acceptors (Lipinski definition) is 4. The minimum Gasteiger partial charge on any atom is -0.467 e. The maximum absolute atomic E-state index is 14.1. The van der Waals surface area contributed by atoms with Crippen molar-refractivity contribution in [2.75, 3.05) is 27.4 Å². The molecule has 1 amide bonds. The zero-order valence-corrected chi connectivity index (χ0v) is 16.3. The van der Waals surface area contributed by atoms with Crippen molar-refractivity contribution in [3.8, 4) is 0 Å². The van der Waals surface area contributed by atoms with Gasteiger partial charge in [0.15, 0.2) is 6.04 Å². The number of amides is 1. The number of hydrogen-bond donors (Lipinski definition) is 0. The van der Waals surface area contributed by atoms with Gasteiger partial charge >= 0.3 is 5.97 Å². The fourth-order valence-corrected chi connectivity index (χ4v) is 2.82. The molecule has 0 bridgehead atoms. The lowest BCUT2D eigenvalue weighted by molar-refractivity contribution is -0.146. The van der Waals surface area contributed by atoms with Crippen molar-refractivity contribution in [3.63, 3.8) is 0 Å². The lowest BCUT2D eigenvalue weighted by Crippen LogP contribution is -2.41. The fourth-order valence-electron chi connectivity index (χ4n) is 2.56. The molecule has 0 fully saturated rings. The summed E-state index contributed by atoms with van der Waals surface area (Å²) in [5.41, 5.74) is 0.135. The maximum atomic E-state index is 14.1. The van der Waals surface area contributed by atoms with E-state index in [0.717, 1.165) is 21.5 Å². The Labute approximate surface area is 164 Å². The first-order valence-corrected chi connectivity index (χ1v) is 8.76. The Bertz CT molecular complexity index is 814. The first-order chi connectivity index (χ1) is 12.9. The van der Waals surface area contributed by atoms with Crippen LogP contribution in [-0.2, 0) is 14.3 Å². The number of nitrogens with zero attached hydrogens (tertiary/aromatic N) is 1. The van der Waals surface area contributed by atoms with Crippen molar-refractivity contribution in [2.45, 2.75) is 6.04 Å². The maximum Gasteiger partial charge on any atom is 0.333 e. The summed E-state index contributed by atoms with van der Waals surface area (Å²) >= 11 is 3.31. The van der Waals surface area contributed by atoms with Crippen LogP contribution in [0.1, 0.15) is 22.0 Å². The van der Waals surface area contributed by atoms with Gasteiger partial charge < -0.3 is 14.4 Å². The third kappa shape index (κ3) is 5.11. The Morgan fingerprint density at radius 3 is 2.33 bits per heavy atom. The molecule has 27 heavy (non-hydrogen) atoms. The van der Waals surface area contributed by atoms with Crippen LogP contribution in [0.15, 0.2) is 46.9 Å². The summed E-state index contributed by atoms with van der Waals surface area (Å²) < 4.78 is 38.0. The van der Waals surface area contributed by atoms with Gasteiger partial charge in [-0.25, -0.2) is 13.6 Å². The molecule has 0 aliphatic carbocycles. The lowest BCUT2D eigenvalue weighted by Gasteiger charge is -2.30. The Morgan fingerprint density at radius 1 is 1.11 bits per heavy atom. The van der Waals surface area contributed by atoms with E-state index in [-0.39, 0.29) is 18.7 Å². The van der Waals surface area contributed by atoms with E-state index in [1.54, 1.807) is 24.3 Å². The Kier molecular flexibility index (Phi) is 7.44. The van der Waals surface area contributed by atoms with Crippen LogP contribution in [0.4, 0.5) is 8.78 Å². The number of benzene rings is 2. The van der Waals surface area contributed by atoms with Crippen molar-refractivity contribution in [1.82, 2.24) is 4.90 Å². The molecule has 0 saturated carbocycles. The molecule has 144 valence electrons. The molecule has 0 spiro atoms. The van der Waals surface area contributed by atoms with Crippen LogP contribution in [0.25, 0.3) is 0 Å². The van der Waals surface area contributed by atoms with Crippen molar-refractivity contribution in [1.29, 1.82) is 0 Å². The van der Waals surface area contributed by atoms with Gasteiger partial charge in [-0.05, 0) is 29.8 Å². The largest absolute Gasteiger partial charge is 0.467 e. The van der Waals surface area contributed by atoms with E-state index in [0.29, 0.717) is 11.6 Å². The van der Waals surface area contributed by atoms with E-state index in [1.165, 1.54) is 14.2 Å². The average molecular weight is 442 g/mol. The first-order valence-electron chi connectivity index (χ1n) is 7.97. The molecule has 0 N–H and O–H groups in total. The van der Waals surface area contributed by atoms with Gasteiger partial charge in [-0.2, -0.15) is 0 Å². The summed E-state index contributed by atoms with van der Waals surface area (Å²) in [5, 5.41) is 0. The SMILES string of the molecule is COCCN(C(=O)c1ccc(F)cc1F)[C@H](C(=O)OC)c1ccc(Br)cc1. The summed E-state index contributed by atoms with van der Waals surface area (Å²) in [5.74, 6) is -3.28. The summed E-state index contributed by atoms with van der Waals surface area (Å²) in [6.07, 6.45) is 0. The standard InChI is InChI=1S/C19H18BrF2NO4/c1-26-10-9-23(18(24)15-8-7-14(21)11-16(15)22)17(19(25)27-2)12-3-5-13(20)6-4-12/h3-8,11,17H,9-10H2,1-2H3/t17-/m0/s1. The second-order valence-corrected chi connectivity index (χ2v) is 6.51. The number of carbonyl (C=O) groups excluding carboxylic acids is 2. The fraction of sp³-hybridized carbons (Fsp3) is 0.263. The van der Waals surface area contributed by atoms with Crippen LogP contribution in [0, 0.1) is 11.6 Å². The third-order valence-electron chi connectivity index (χ3n) is 3.88. The molecule has 8 heteroatoms. The van der Waals surface area contributed by atoms with Gasteiger partial charge in [-0.3, -0.25) is 4.79 Å². The van der Waals surface area contributed by atoms with Gasteiger partial charge in [-0.15, -0.1) is 0 Å². The highest BCUT2D eigenvalue weighted by atomic mass is 79.9. The third-order valence-corrected chi connectivity index (χ3v) is 4.41. The summed E-state index contributed by atoms with van der Waals surface area (Å²) in [7, 11) is 2.64. The first kappa shape index (κ1) is 21.0. The summed E-state index contributed by atoms with van der Waals surface area (Å²) in [6, 6.07) is 8.26. The van der Waals surface area contributed by atoms with Crippen molar-refractivity contribution in [2.24, 2.45) is 0 Å². The van der Waals surface area contributed by atoms with E-state index in [1.807, 2.05) is 0 Å². The van der Waals surface area contributed by atoms with Crippen molar-refractivity contribution >= 4 is 27.8 Å². The van der Waals surface area contributed by atoms with E-state index in [4.69, 9.17) is 9.47 Å². The summed E-state index contributed by atoms with van der Waals surface area (Å²) in [4.78, 5) is 26.6. The molecule has 0 aromatic heterocycles. The Balaban J connectivity index is 2.50. The van der Waals surface area contributed by atoms with Gasteiger partial charge in [0.1, 0.15) is 11.6 Å². The highest BCUT2D eigenvalue weighted by Gasteiger charge is 2.33. The molecular formula is C19H18BrF2NO4. The van der Waals surface area contributed by atoms with Gasteiger partial charge in [0.05, 0.1) is 19.3 Å².